The number of aromatic nitrogens is 2. The zero-order valence-corrected chi connectivity index (χ0v) is 18.1. The van der Waals surface area contributed by atoms with E-state index in [1.165, 1.54) is 0 Å². The van der Waals surface area contributed by atoms with Crippen LogP contribution < -0.4 is 14.2 Å². The van der Waals surface area contributed by atoms with Crippen LogP contribution in [0.3, 0.4) is 0 Å². The second-order valence-corrected chi connectivity index (χ2v) is 7.36. The first-order chi connectivity index (χ1) is 14.5. The monoisotopic (exact) mass is 440 g/mol. The van der Waals surface area contributed by atoms with Gasteiger partial charge in [-0.25, -0.2) is 9.97 Å². The SMILES string of the molecule is COc1cc2ccc(Oc3ccc(C)nc3-c3c(Cl)cccc3Cl)nc2cc1OC. The molecule has 0 amide bonds. The van der Waals surface area contributed by atoms with E-state index >= 15 is 0 Å². The first-order valence-electron chi connectivity index (χ1n) is 9.13. The minimum Gasteiger partial charge on any atom is -0.493 e. The highest BCUT2D eigenvalue weighted by molar-refractivity contribution is 6.39. The molecule has 30 heavy (non-hydrogen) atoms. The molecule has 0 bridgehead atoms. The number of halogens is 2. The summed E-state index contributed by atoms with van der Waals surface area (Å²) in [4.78, 5) is 9.22. The molecule has 152 valence electrons. The lowest BCUT2D eigenvalue weighted by Crippen LogP contribution is -1.97. The van der Waals surface area contributed by atoms with Gasteiger partial charge in [0.2, 0.25) is 5.88 Å². The van der Waals surface area contributed by atoms with Gasteiger partial charge in [0.25, 0.3) is 0 Å². The minimum atomic E-state index is 0.407. The molecule has 0 fully saturated rings. The van der Waals surface area contributed by atoms with Gasteiger partial charge in [-0.15, -0.1) is 0 Å². The van der Waals surface area contributed by atoms with E-state index in [-0.39, 0.29) is 0 Å². The molecule has 0 aliphatic heterocycles. The Morgan fingerprint density at radius 3 is 2.17 bits per heavy atom. The van der Waals surface area contributed by atoms with E-state index < -0.39 is 0 Å². The fourth-order valence-corrected chi connectivity index (χ4v) is 3.71. The molecule has 2 aromatic heterocycles. The van der Waals surface area contributed by atoms with Crippen molar-refractivity contribution in [1.82, 2.24) is 9.97 Å². The van der Waals surface area contributed by atoms with Gasteiger partial charge in [0.15, 0.2) is 17.2 Å². The lowest BCUT2D eigenvalue weighted by molar-refractivity contribution is 0.355. The van der Waals surface area contributed by atoms with Crippen LogP contribution in [-0.2, 0) is 0 Å². The van der Waals surface area contributed by atoms with Gasteiger partial charge < -0.3 is 14.2 Å². The third-order valence-electron chi connectivity index (χ3n) is 4.58. The van der Waals surface area contributed by atoms with Gasteiger partial charge in [-0.1, -0.05) is 29.3 Å². The van der Waals surface area contributed by atoms with Crippen molar-refractivity contribution in [2.24, 2.45) is 0 Å². The average molecular weight is 441 g/mol. The second kappa shape index (κ2) is 8.38. The summed E-state index contributed by atoms with van der Waals surface area (Å²) < 4.78 is 16.8. The average Bonchev–Trinajstić information content (AvgIpc) is 2.74. The van der Waals surface area contributed by atoms with Crippen LogP contribution in [0.5, 0.6) is 23.1 Å². The van der Waals surface area contributed by atoms with Crippen molar-refractivity contribution < 1.29 is 14.2 Å². The third-order valence-corrected chi connectivity index (χ3v) is 5.21. The number of ether oxygens (including phenoxy) is 3. The van der Waals surface area contributed by atoms with Crippen molar-refractivity contribution in [1.29, 1.82) is 0 Å². The normalized spacial score (nSPS) is 10.8. The molecular weight excluding hydrogens is 423 g/mol. The third kappa shape index (κ3) is 3.86. The molecule has 0 aliphatic rings. The Bertz CT molecular complexity index is 1220. The standard InChI is InChI=1S/C23H18Cl2N2O3/c1-13-7-9-18(23(26-13)22-15(24)5-4-6-16(22)25)30-21-10-8-14-11-19(28-2)20(29-3)12-17(14)27-21/h4-12H,1-3H3. The number of hydrogen-bond donors (Lipinski definition) is 0. The fourth-order valence-electron chi connectivity index (χ4n) is 3.13. The molecule has 0 atom stereocenters. The minimum absolute atomic E-state index is 0.407. The van der Waals surface area contributed by atoms with Gasteiger partial charge in [-0.05, 0) is 43.3 Å². The number of nitrogens with zero attached hydrogens (tertiary/aromatic N) is 2. The largest absolute Gasteiger partial charge is 0.493 e. The van der Waals surface area contributed by atoms with E-state index in [2.05, 4.69) is 9.97 Å². The van der Waals surface area contributed by atoms with Gasteiger partial charge in [-0.2, -0.15) is 0 Å². The highest BCUT2D eigenvalue weighted by atomic mass is 35.5. The van der Waals surface area contributed by atoms with Gasteiger partial charge >= 0.3 is 0 Å². The highest BCUT2D eigenvalue weighted by Gasteiger charge is 2.17. The lowest BCUT2D eigenvalue weighted by atomic mass is 10.1. The summed E-state index contributed by atoms with van der Waals surface area (Å²) in [5.41, 5.74) is 2.70. The maximum atomic E-state index is 6.41. The number of rotatable bonds is 5. The van der Waals surface area contributed by atoms with Crippen LogP contribution in [0, 0.1) is 6.92 Å². The summed E-state index contributed by atoms with van der Waals surface area (Å²) in [6.45, 7) is 1.89. The lowest BCUT2D eigenvalue weighted by Gasteiger charge is -2.14. The van der Waals surface area contributed by atoms with Crippen LogP contribution >= 0.6 is 23.2 Å². The Morgan fingerprint density at radius 2 is 1.47 bits per heavy atom. The van der Waals surface area contributed by atoms with Crippen molar-refractivity contribution in [3.63, 3.8) is 0 Å². The molecule has 0 N–H and O–H groups in total. The Kier molecular flexibility index (Phi) is 5.66. The Balaban J connectivity index is 1.79. The molecule has 4 rings (SSSR count). The van der Waals surface area contributed by atoms with Crippen LogP contribution in [0.25, 0.3) is 22.2 Å². The van der Waals surface area contributed by atoms with Crippen molar-refractivity contribution in [2.45, 2.75) is 6.92 Å². The Labute approximate surface area is 184 Å². The molecule has 4 aromatic rings. The molecule has 7 heteroatoms. The Morgan fingerprint density at radius 1 is 0.767 bits per heavy atom. The van der Waals surface area contributed by atoms with E-state index in [1.807, 2.05) is 31.2 Å². The zero-order chi connectivity index (χ0) is 21.3. The van der Waals surface area contributed by atoms with Gasteiger partial charge in [0.05, 0.1) is 29.8 Å². The summed E-state index contributed by atoms with van der Waals surface area (Å²) in [5.74, 6) is 2.14. The first-order valence-corrected chi connectivity index (χ1v) is 9.88. The summed E-state index contributed by atoms with van der Waals surface area (Å²) in [6.07, 6.45) is 0. The van der Waals surface area contributed by atoms with Crippen molar-refractivity contribution >= 4 is 34.1 Å². The number of methoxy groups -OCH3 is 2. The number of fused-ring (bicyclic) bond motifs is 1. The van der Waals surface area contributed by atoms with Crippen molar-refractivity contribution in [3.05, 3.63) is 70.3 Å². The van der Waals surface area contributed by atoms with Crippen LogP contribution in [0.4, 0.5) is 0 Å². The van der Waals surface area contributed by atoms with Crippen LogP contribution in [0.15, 0.2) is 54.6 Å². The summed E-state index contributed by atoms with van der Waals surface area (Å²) in [6, 6.07) is 16.4. The summed E-state index contributed by atoms with van der Waals surface area (Å²) in [5, 5.41) is 1.89. The quantitative estimate of drug-likeness (QED) is 0.344. The van der Waals surface area contributed by atoms with Gasteiger partial charge in [0.1, 0.15) is 5.69 Å². The maximum absolute atomic E-state index is 6.41. The zero-order valence-electron chi connectivity index (χ0n) is 16.6. The van der Waals surface area contributed by atoms with Gasteiger partial charge in [0, 0.05) is 28.8 Å². The number of pyridine rings is 2. The molecule has 2 heterocycles. The summed E-state index contributed by atoms with van der Waals surface area (Å²) in [7, 11) is 3.18. The maximum Gasteiger partial charge on any atom is 0.219 e. The molecule has 0 saturated carbocycles. The smallest absolute Gasteiger partial charge is 0.219 e. The molecule has 0 radical (unpaired) electrons. The molecule has 0 unspecified atom stereocenters. The molecule has 5 nitrogen and oxygen atoms in total. The highest BCUT2D eigenvalue weighted by Crippen LogP contribution is 2.40. The topological polar surface area (TPSA) is 53.5 Å². The molecule has 0 aliphatic carbocycles. The van der Waals surface area contributed by atoms with E-state index in [4.69, 9.17) is 37.4 Å². The molecule has 2 aromatic carbocycles. The van der Waals surface area contributed by atoms with Crippen LogP contribution in [0.1, 0.15) is 5.69 Å². The fraction of sp³-hybridized carbons (Fsp3) is 0.130. The van der Waals surface area contributed by atoms with Crippen LogP contribution in [-0.4, -0.2) is 24.2 Å². The first kappa shape index (κ1) is 20.3. The molecular formula is C23H18Cl2N2O3. The van der Waals surface area contributed by atoms with Crippen molar-refractivity contribution in [3.8, 4) is 34.4 Å². The van der Waals surface area contributed by atoms with Crippen molar-refractivity contribution in [2.75, 3.05) is 14.2 Å². The molecule has 0 spiro atoms. The van der Waals surface area contributed by atoms with E-state index in [9.17, 15) is 0 Å². The number of hydrogen-bond acceptors (Lipinski definition) is 5. The summed E-state index contributed by atoms with van der Waals surface area (Å²) >= 11 is 12.8. The number of benzene rings is 2. The van der Waals surface area contributed by atoms with E-state index in [1.54, 1.807) is 44.6 Å². The van der Waals surface area contributed by atoms with E-state index in [0.717, 1.165) is 11.1 Å². The predicted molar refractivity (Wildman–Crippen MR) is 119 cm³/mol. The van der Waals surface area contributed by atoms with Gasteiger partial charge in [-0.3, -0.25) is 0 Å². The number of aryl methyl sites for hydroxylation is 1. The molecule has 0 saturated heterocycles. The van der Waals surface area contributed by atoms with E-state index in [0.29, 0.717) is 49.9 Å². The van der Waals surface area contributed by atoms with Crippen LogP contribution in [0.2, 0.25) is 10.0 Å². The Hall–Kier alpha value is -3.02. The predicted octanol–water partition coefficient (Wildman–Crippen LogP) is 6.72. The second-order valence-electron chi connectivity index (χ2n) is 6.55.